The lowest BCUT2D eigenvalue weighted by atomic mass is 9.78. The standard InChI is InChI=1S/C23H29N/c1-12-10-11-13(2)21-18(12)20(23(7,8)9)19-16(5)14(3)15(4)17(6)22(19)24-21/h10-11H,1-9H3. The lowest BCUT2D eigenvalue weighted by Gasteiger charge is -2.28. The Morgan fingerprint density at radius 1 is 0.625 bits per heavy atom. The molecular weight excluding hydrogens is 290 g/mol. The smallest absolute Gasteiger partial charge is 0.0747 e. The maximum atomic E-state index is 5.17. The Hall–Kier alpha value is -1.89. The van der Waals surface area contributed by atoms with Gasteiger partial charge in [0.05, 0.1) is 11.0 Å². The van der Waals surface area contributed by atoms with Gasteiger partial charge in [-0.1, -0.05) is 32.9 Å². The van der Waals surface area contributed by atoms with E-state index in [1.54, 1.807) is 0 Å². The van der Waals surface area contributed by atoms with Crippen LogP contribution in [0.5, 0.6) is 0 Å². The zero-order valence-electron chi connectivity index (χ0n) is 16.6. The van der Waals surface area contributed by atoms with Gasteiger partial charge >= 0.3 is 0 Å². The summed E-state index contributed by atoms with van der Waals surface area (Å²) in [6, 6.07) is 4.44. The first-order valence-electron chi connectivity index (χ1n) is 8.86. The summed E-state index contributed by atoms with van der Waals surface area (Å²) in [6.07, 6.45) is 0. The quantitative estimate of drug-likeness (QED) is 0.429. The van der Waals surface area contributed by atoms with Crippen molar-refractivity contribution >= 4 is 21.8 Å². The SMILES string of the molecule is Cc1c(C)c(C)c2c(C(C)(C)C)c3c(C)ccc(C)c3nc2c1C. The highest BCUT2D eigenvalue weighted by molar-refractivity contribution is 6.04. The lowest BCUT2D eigenvalue weighted by molar-refractivity contribution is 0.600. The molecule has 24 heavy (non-hydrogen) atoms. The number of fused-ring (bicyclic) bond motifs is 2. The second-order valence-electron chi connectivity index (χ2n) is 8.38. The summed E-state index contributed by atoms with van der Waals surface area (Å²) in [5.74, 6) is 0. The molecule has 0 N–H and O–H groups in total. The number of aromatic nitrogens is 1. The van der Waals surface area contributed by atoms with Gasteiger partial charge in [0, 0.05) is 10.8 Å². The van der Waals surface area contributed by atoms with E-state index in [1.165, 1.54) is 55.2 Å². The van der Waals surface area contributed by atoms with E-state index in [1.807, 2.05) is 0 Å². The highest BCUT2D eigenvalue weighted by Crippen LogP contribution is 2.41. The van der Waals surface area contributed by atoms with Crippen LogP contribution in [0.15, 0.2) is 12.1 Å². The number of nitrogens with zero attached hydrogens (tertiary/aromatic N) is 1. The van der Waals surface area contributed by atoms with E-state index >= 15 is 0 Å². The van der Waals surface area contributed by atoms with E-state index in [0.29, 0.717) is 0 Å². The van der Waals surface area contributed by atoms with E-state index in [0.717, 1.165) is 5.52 Å². The highest BCUT2D eigenvalue weighted by Gasteiger charge is 2.25. The zero-order valence-corrected chi connectivity index (χ0v) is 16.6. The van der Waals surface area contributed by atoms with Gasteiger partial charge in [0.15, 0.2) is 0 Å². The molecule has 0 amide bonds. The number of rotatable bonds is 0. The highest BCUT2D eigenvalue weighted by atomic mass is 14.7. The summed E-state index contributed by atoms with van der Waals surface area (Å²) in [7, 11) is 0. The second-order valence-corrected chi connectivity index (χ2v) is 8.38. The van der Waals surface area contributed by atoms with Crippen molar-refractivity contribution in [1.29, 1.82) is 0 Å². The molecule has 0 aliphatic rings. The molecule has 0 saturated carbocycles. The number of hydrogen-bond acceptors (Lipinski definition) is 1. The van der Waals surface area contributed by atoms with Crippen LogP contribution in [0.4, 0.5) is 0 Å². The molecule has 3 rings (SSSR count). The van der Waals surface area contributed by atoms with Crippen LogP contribution >= 0.6 is 0 Å². The number of benzene rings is 2. The van der Waals surface area contributed by atoms with Crippen LogP contribution in [0, 0.1) is 41.5 Å². The van der Waals surface area contributed by atoms with E-state index in [2.05, 4.69) is 74.4 Å². The third kappa shape index (κ3) is 2.25. The van der Waals surface area contributed by atoms with E-state index < -0.39 is 0 Å². The van der Waals surface area contributed by atoms with Crippen molar-refractivity contribution in [1.82, 2.24) is 4.98 Å². The molecule has 2 aromatic carbocycles. The van der Waals surface area contributed by atoms with Crippen LogP contribution in [-0.4, -0.2) is 4.98 Å². The summed E-state index contributed by atoms with van der Waals surface area (Å²) in [6.45, 7) is 20.3. The van der Waals surface area contributed by atoms with Crippen LogP contribution in [0.3, 0.4) is 0 Å². The minimum Gasteiger partial charge on any atom is -0.247 e. The van der Waals surface area contributed by atoms with Gasteiger partial charge in [-0.15, -0.1) is 0 Å². The molecule has 0 bridgehead atoms. The molecule has 1 aromatic heterocycles. The van der Waals surface area contributed by atoms with Crippen molar-refractivity contribution < 1.29 is 0 Å². The molecule has 0 aliphatic carbocycles. The van der Waals surface area contributed by atoms with Crippen molar-refractivity contribution in [3.8, 4) is 0 Å². The number of hydrogen-bond donors (Lipinski definition) is 0. The Kier molecular flexibility index (Phi) is 3.75. The van der Waals surface area contributed by atoms with Crippen LogP contribution in [0.1, 0.15) is 59.7 Å². The first kappa shape index (κ1) is 17.0. The minimum atomic E-state index is 0.0664. The van der Waals surface area contributed by atoms with Crippen molar-refractivity contribution in [2.24, 2.45) is 0 Å². The average molecular weight is 319 g/mol. The van der Waals surface area contributed by atoms with Gasteiger partial charge in [-0.25, -0.2) is 4.98 Å². The monoisotopic (exact) mass is 319 g/mol. The maximum Gasteiger partial charge on any atom is 0.0747 e. The predicted octanol–water partition coefficient (Wildman–Crippen LogP) is 6.54. The van der Waals surface area contributed by atoms with Crippen LogP contribution < -0.4 is 0 Å². The van der Waals surface area contributed by atoms with Crippen molar-refractivity contribution in [3.63, 3.8) is 0 Å². The van der Waals surface area contributed by atoms with Gasteiger partial charge in [0.1, 0.15) is 0 Å². The lowest BCUT2D eigenvalue weighted by Crippen LogP contribution is -2.15. The molecule has 1 heterocycles. The Morgan fingerprint density at radius 2 is 1.17 bits per heavy atom. The van der Waals surface area contributed by atoms with E-state index in [9.17, 15) is 0 Å². The van der Waals surface area contributed by atoms with Crippen molar-refractivity contribution in [2.45, 2.75) is 67.7 Å². The summed E-state index contributed by atoms with van der Waals surface area (Å²) in [5.41, 5.74) is 11.9. The summed E-state index contributed by atoms with van der Waals surface area (Å²) in [4.78, 5) is 5.17. The third-order valence-electron chi connectivity index (χ3n) is 5.72. The van der Waals surface area contributed by atoms with Gasteiger partial charge in [0.25, 0.3) is 0 Å². The molecule has 0 spiro atoms. The molecule has 1 heteroatoms. The Bertz CT molecular complexity index is 985. The Balaban J connectivity index is 2.78. The van der Waals surface area contributed by atoms with Gasteiger partial charge in [-0.3, -0.25) is 0 Å². The van der Waals surface area contributed by atoms with Gasteiger partial charge < -0.3 is 0 Å². The third-order valence-corrected chi connectivity index (χ3v) is 5.72. The molecule has 0 saturated heterocycles. The predicted molar refractivity (Wildman–Crippen MR) is 106 cm³/mol. The molecule has 0 aliphatic heterocycles. The maximum absolute atomic E-state index is 5.17. The van der Waals surface area contributed by atoms with Crippen LogP contribution in [-0.2, 0) is 5.41 Å². The number of pyridine rings is 1. The molecule has 3 aromatic rings. The number of aryl methyl sites for hydroxylation is 4. The second kappa shape index (κ2) is 5.31. The first-order valence-corrected chi connectivity index (χ1v) is 8.86. The first-order chi connectivity index (χ1) is 11.1. The molecule has 0 atom stereocenters. The van der Waals surface area contributed by atoms with Crippen molar-refractivity contribution in [2.75, 3.05) is 0 Å². The molecule has 1 nitrogen and oxygen atoms in total. The minimum absolute atomic E-state index is 0.0664. The molecule has 0 unspecified atom stereocenters. The van der Waals surface area contributed by atoms with Crippen LogP contribution in [0.2, 0.25) is 0 Å². The van der Waals surface area contributed by atoms with Gasteiger partial charge in [-0.2, -0.15) is 0 Å². The van der Waals surface area contributed by atoms with Crippen molar-refractivity contribution in [3.05, 3.63) is 51.1 Å². The van der Waals surface area contributed by atoms with E-state index in [-0.39, 0.29) is 5.41 Å². The molecular formula is C23H29N. The summed E-state index contributed by atoms with van der Waals surface area (Å²) in [5, 5.41) is 2.71. The molecule has 0 fully saturated rings. The fourth-order valence-corrected chi connectivity index (χ4v) is 3.98. The molecule has 126 valence electrons. The fourth-order valence-electron chi connectivity index (χ4n) is 3.98. The topological polar surface area (TPSA) is 12.9 Å². The van der Waals surface area contributed by atoms with Gasteiger partial charge in [0.2, 0.25) is 0 Å². The Labute approximate surface area is 146 Å². The fraction of sp³-hybridized carbons (Fsp3) is 0.435. The zero-order chi connectivity index (χ0) is 18.0. The van der Waals surface area contributed by atoms with Gasteiger partial charge in [-0.05, 0) is 85.9 Å². The van der Waals surface area contributed by atoms with E-state index in [4.69, 9.17) is 4.98 Å². The average Bonchev–Trinajstić information content (AvgIpc) is 2.51. The summed E-state index contributed by atoms with van der Waals surface area (Å²) >= 11 is 0. The molecule has 0 radical (unpaired) electrons. The van der Waals surface area contributed by atoms with Crippen LogP contribution in [0.25, 0.3) is 21.8 Å². The largest absolute Gasteiger partial charge is 0.247 e. The summed E-state index contributed by atoms with van der Waals surface area (Å²) < 4.78 is 0. The normalized spacial score (nSPS) is 12.4. The Morgan fingerprint density at radius 3 is 1.75 bits per heavy atom.